The molecule has 0 aliphatic heterocycles. The van der Waals surface area contributed by atoms with Crippen LogP contribution in [-0.2, 0) is 6.54 Å². The maximum absolute atomic E-state index is 11.0. The fourth-order valence-electron chi connectivity index (χ4n) is 7.74. The molecule has 3 aliphatic carbocycles. The zero-order chi connectivity index (χ0) is 27.7. The fraction of sp³-hybridized carbons (Fsp3) is 0.774. The summed E-state index contributed by atoms with van der Waals surface area (Å²) in [5, 5.41) is 43.8. The van der Waals surface area contributed by atoms with Gasteiger partial charge >= 0.3 is 0 Å². The van der Waals surface area contributed by atoms with Crippen LogP contribution in [0.15, 0.2) is 41.8 Å². The van der Waals surface area contributed by atoms with E-state index in [0.717, 1.165) is 24.0 Å². The molecule has 0 spiro atoms. The molecule has 1 heterocycles. The molecule has 1 aromatic heterocycles. The van der Waals surface area contributed by atoms with Crippen molar-refractivity contribution in [3.63, 3.8) is 0 Å². The van der Waals surface area contributed by atoms with Crippen molar-refractivity contribution in [3.05, 3.63) is 41.8 Å². The number of aliphatic hydroxyl groups is 3. The van der Waals surface area contributed by atoms with Crippen molar-refractivity contribution in [2.24, 2.45) is 35.0 Å². The van der Waals surface area contributed by atoms with E-state index in [0.29, 0.717) is 48.5 Å². The Morgan fingerprint density at radius 3 is 2.66 bits per heavy atom. The molecule has 0 amide bonds. The Labute approximate surface area is 229 Å². The van der Waals surface area contributed by atoms with E-state index in [9.17, 15) is 15.3 Å². The maximum atomic E-state index is 11.0. The molecule has 7 heteroatoms. The van der Waals surface area contributed by atoms with Gasteiger partial charge in [-0.05, 0) is 111 Å². The van der Waals surface area contributed by atoms with Crippen molar-refractivity contribution in [1.82, 2.24) is 20.2 Å². The minimum Gasteiger partial charge on any atom is -0.392 e. The molecule has 0 aromatic carbocycles. The summed E-state index contributed by atoms with van der Waals surface area (Å²) in [5.41, 5.74) is 2.92. The molecule has 0 radical (unpaired) electrons. The molecule has 0 saturated heterocycles. The summed E-state index contributed by atoms with van der Waals surface area (Å²) in [5.74, 6) is 1.98. The molecule has 212 valence electrons. The van der Waals surface area contributed by atoms with Crippen LogP contribution in [0, 0.1) is 35.0 Å². The topological polar surface area (TPSA) is 104 Å². The van der Waals surface area contributed by atoms with E-state index < -0.39 is 17.8 Å². The molecule has 3 fully saturated rings. The Balaban J connectivity index is 1.41. The molecule has 3 N–H and O–H groups in total. The first-order valence-corrected chi connectivity index (χ1v) is 14.8. The molecular formula is C31H50N4O3. The van der Waals surface area contributed by atoms with Crippen LogP contribution in [0.3, 0.4) is 0 Å². The molecule has 3 aliphatic rings. The van der Waals surface area contributed by atoms with Crippen LogP contribution in [0.5, 0.6) is 0 Å². The number of aliphatic hydroxyl groups excluding tert-OH is 2. The number of hydrogen-bond acceptors (Lipinski definition) is 6. The Morgan fingerprint density at radius 1 is 1.21 bits per heavy atom. The van der Waals surface area contributed by atoms with Gasteiger partial charge in [-0.3, -0.25) is 0 Å². The Morgan fingerprint density at radius 2 is 1.97 bits per heavy atom. The molecule has 7 nitrogen and oxygen atoms in total. The summed E-state index contributed by atoms with van der Waals surface area (Å²) in [6.45, 7) is 15.7. The second-order valence-corrected chi connectivity index (χ2v) is 13.4. The van der Waals surface area contributed by atoms with Gasteiger partial charge < -0.3 is 15.3 Å². The highest BCUT2D eigenvalue weighted by Gasteiger charge is 2.50. The molecule has 38 heavy (non-hydrogen) atoms. The van der Waals surface area contributed by atoms with Crippen molar-refractivity contribution in [1.29, 1.82) is 0 Å². The number of fused-ring (bicyclic) bond motifs is 1. The van der Waals surface area contributed by atoms with Gasteiger partial charge in [0.25, 0.3) is 0 Å². The number of aryl methyl sites for hydroxylation is 1. The number of allylic oxidation sites excluding steroid dienone is 3. The lowest BCUT2D eigenvalue weighted by atomic mass is 9.60. The van der Waals surface area contributed by atoms with Crippen molar-refractivity contribution in [2.45, 2.75) is 117 Å². The van der Waals surface area contributed by atoms with Gasteiger partial charge in [0.2, 0.25) is 0 Å². The van der Waals surface area contributed by atoms with Gasteiger partial charge in [0.15, 0.2) is 6.33 Å². The molecule has 4 rings (SSSR count). The van der Waals surface area contributed by atoms with Crippen molar-refractivity contribution in [3.8, 4) is 0 Å². The van der Waals surface area contributed by atoms with Crippen LogP contribution >= 0.6 is 0 Å². The van der Waals surface area contributed by atoms with Gasteiger partial charge in [0.1, 0.15) is 0 Å². The monoisotopic (exact) mass is 526 g/mol. The number of rotatable bonds is 9. The van der Waals surface area contributed by atoms with Gasteiger partial charge in [-0.2, -0.15) is 4.80 Å². The predicted molar refractivity (Wildman–Crippen MR) is 150 cm³/mol. The van der Waals surface area contributed by atoms with E-state index in [-0.39, 0.29) is 5.92 Å². The lowest BCUT2D eigenvalue weighted by Crippen LogP contribution is -2.39. The third kappa shape index (κ3) is 6.15. The summed E-state index contributed by atoms with van der Waals surface area (Å²) in [4.78, 5) is 1.49. The molecule has 0 unspecified atom stereocenters. The Bertz CT molecular complexity index is 1010. The lowest BCUT2D eigenvalue weighted by molar-refractivity contribution is 0.0109. The van der Waals surface area contributed by atoms with Gasteiger partial charge in [0.05, 0.1) is 24.4 Å². The Hall–Kier alpha value is -1.83. The van der Waals surface area contributed by atoms with Crippen LogP contribution in [0.4, 0.5) is 0 Å². The Kier molecular flexibility index (Phi) is 9.00. The summed E-state index contributed by atoms with van der Waals surface area (Å²) >= 11 is 0. The highest BCUT2D eigenvalue weighted by Crippen LogP contribution is 2.60. The second-order valence-electron chi connectivity index (χ2n) is 13.4. The molecule has 1 aromatic rings. The van der Waals surface area contributed by atoms with E-state index in [1.807, 2.05) is 13.8 Å². The first kappa shape index (κ1) is 29.2. The first-order valence-electron chi connectivity index (χ1n) is 14.8. The van der Waals surface area contributed by atoms with Gasteiger partial charge in [-0.25, -0.2) is 0 Å². The van der Waals surface area contributed by atoms with Crippen LogP contribution in [0.25, 0.3) is 0 Å². The highest BCUT2D eigenvalue weighted by atomic mass is 16.3. The lowest BCUT2D eigenvalue weighted by Gasteiger charge is -2.44. The minimum absolute atomic E-state index is 0.285. The van der Waals surface area contributed by atoms with Crippen LogP contribution in [0.1, 0.15) is 92.4 Å². The summed E-state index contributed by atoms with van der Waals surface area (Å²) in [7, 11) is 0. The SMILES string of the molecule is C=C1/C(=C\C=C2\CCC[C@]3(C)[C@@H]([C@H](C)CC[C@H](C)C(C)(C)O)CC[C@@H]23)C[C@@H](O)[C@H](CCn2ncnn2)[C@@H]1O. The van der Waals surface area contributed by atoms with Crippen LogP contribution in [-0.4, -0.2) is 53.3 Å². The molecular weight excluding hydrogens is 476 g/mol. The number of hydrogen-bond donors (Lipinski definition) is 3. The van der Waals surface area contributed by atoms with E-state index in [1.54, 1.807) is 0 Å². The minimum atomic E-state index is -0.772. The highest BCUT2D eigenvalue weighted by molar-refractivity contribution is 5.39. The smallest absolute Gasteiger partial charge is 0.162 e. The van der Waals surface area contributed by atoms with Crippen molar-refractivity contribution in [2.75, 3.05) is 0 Å². The predicted octanol–water partition coefficient (Wildman–Crippen LogP) is 5.25. The summed E-state index contributed by atoms with van der Waals surface area (Å²) < 4.78 is 0. The third-order valence-electron chi connectivity index (χ3n) is 10.6. The van der Waals surface area contributed by atoms with Gasteiger partial charge in [0, 0.05) is 5.92 Å². The second kappa shape index (κ2) is 11.7. The van der Waals surface area contributed by atoms with Crippen molar-refractivity contribution >= 4 is 0 Å². The van der Waals surface area contributed by atoms with Crippen LogP contribution in [0.2, 0.25) is 0 Å². The van der Waals surface area contributed by atoms with E-state index >= 15 is 0 Å². The summed E-state index contributed by atoms with van der Waals surface area (Å²) in [6, 6.07) is 0. The number of nitrogens with zero attached hydrogens (tertiary/aromatic N) is 4. The average Bonchev–Trinajstić information content (AvgIpc) is 3.50. The third-order valence-corrected chi connectivity index (χ3v) is 10.6. The quantitative estimate of drug-likeness (QED) is 0.406. The van der Waals surface area contributed by atoms with E-state index in [2.05, 4.69) is 54.9 Å². The zero-order valence-corrected chi connectivity index (χ0v) is 24.2. The standard InChI is InChI=1S/C31H50N4O3/c1-20(9-10-21(2)30(4,5)38)26-13-14-27-23(8-7-16-31(26,27)6)11-12-24-18-28(36)25(29(37)22(24)3)15-17-35-33-19-32-34-35/h11-12,19-21,25-29,36-38H,3,7-10,13-18H2,1-2,4-6H3/b23-11-,24-12-/t20-,21+,25+,26-,27+,28-,29-,31-/m1/s1. The van der Waals surface area contributed by atoms with E-state index in [4.69, 9.17) is 0 Å². The van der Waals surface area contributed by atoms with Crippen LogP contribution < -0.4 is 0 Å². The molecule has 3 saturated carbocycles. The first-order chi connectivity index (χ1) is 17.9. The van der Waals surface area contributed by atoms with E-state index in [1.165, 1.54) is 48.8 Å². The molecule has 8 atom stereocenters. The zero-order valence-electron chi connectivity index (χ0n) is 24.2. The van der Waals surface area contributed by atoms with Gasteiger partial charge in [-0.1, -0.05) is 51.5 Å². The fourth-order valence-corrected chi connectivity index (χ4v) is 7.74. The maximum Gasteiger partial charge on any atom is 0.162 e. The normalized spacial score (nSPS) is 36.0. The summed E-state index contributed by atoms with van der Waals surface area (Å²) in [6.07, 6.45) is 13.9. The average molecular weight is 527 g/mol. The number of aromatic nitrogens is 4. The number of tetrazole rings is 1. The molecule has 0 bridgehead atoms. The van der Waals surface area contributed by atoms with Gasteiger partial charge in [-0.15, -0.1) is 10.2 Å². The largest absolute Gasteiger partial charge is 0.392 e. The van der Waals surface area contributed by atoms with Crippen molar-refractivity contribution < 1.29 is 15.3 Å².